The van der Waals surface area contributed by atoms with E-state index >= 15 is 0 Å². The van der Waals surface area contributed by atoms with Crippen molar-refractivity contribution in [1.82, 2.24) is 4.98 Å². The molecule has 0 amide bonds. The topological polar surface area (TPSA) is 92.1 Å². The second kappa shape index (κ2) is 7.25. The van der Waals surface area contributed by atoms with Gasteiger partial charge in [-0.1, -0.05) is 48.5 Å². The van der Waals surface area contributed by atoms with Gasteiger partial charge in [0, 0.05) is 5.56 Å². The van der Waals surface area contributed by atoms with Gasteiger partial charge in [-0.05, 0) is 18.2 Å². The van der Waals surface area contributed by atoms with E-state index < -0.39 is 10.0 Å². The second-order valence-corrected chi connectivity index (χ2v) is 7.02. The van der Waals surface area contributed by atoms with E-state index in [1.54, 1.807) is 30.3 Å². The number of rotatable bonds is 5. The number of pyridine rings is 1. The third-order valence-electron chi connectivity index (χ3n) is 3.65. The maximum Gasteiger partial charge on any atom is 0.261 e. The molecule has 3 aromatic rings. The fraction of sp³-hybridized carbons (Fsp3) is 0.0526. The van der Waals surface area contributed by atoms with Crippen LogP contribution in [0.15, 0.2) is 71.6 Å². The van der Waals surface area contributed by atoms with Crippen LogP contribution in [0.1, 0.15) is 5.56 Å². The monoisotopic (exact) mass is 365 g/mol. The zero-order chi connectivity index (χ0) is 18.6. The van der Waals surface area contributed by atoms with E-state index in [0.717, 1.165) is 0 Å². The molecule has 0 bridgehead atoms. The minimum absolute atomic E-state index is 0.119. The number of nitrogens with zero attached hydrogens (tertiary/aromatic N) is 2. The van der Waals surface area contributed by atoms with E-state index in [1.807, 2.05) is 24.3 Å². The molecule has 0 fully saturated rings. The molecule has 26 heavy (non-hydrogen) atoms. The first kappa shape index (κ1) is 17.5. The van der Waals surface area contributed by atoms with E-state index in [2.05, 4.69) is 9.71 Å². The van der Waals surface area contributed by atoms with E-state index in [0.29, 0.717) is 11.3 Å². The average Bonchev–Trinajstić information content (AvgIpc) is 2.68. The molecule has 6 nitrogen and oxygen atoms in total. The van der Waals surface area contributed by atoms with Crippen LogP contribution < -0.4 is 9.46 Å². The molecule has 0 unspecified atom stereocenters. The summed E-state index contributed by atoms with van der Waals surface area (Å²) in [5, 5.41) is 9.30. The van der Waals surface area contributed by atoms with Crippen LogP contribution in [0.3, 0.4) is 0 Å². The van der Waals surface area contributed by atoms with Gasteiger partial charge in [0.25, 0.3) is 10.0 Å². The lowest BCUT2D eigenvalue weighted by Gasteiger charge is -2.14. The number of ether oxygens (including phenoxy) is 1. The van der Waals surface area contributed by atoms with Gasteiger partial charge in [0.15, 0.2) is 0 Å². The van der Waals surface area contributed by atoms with E-state index in [4.69, 9.17) is 4.74 Å². The fourth-order valence-corrected chi connectivity index (χ4v) is 3.51. The molecule has 130 valence electrons. The van der Waals surface area contributed by atoms with Crippen LogP contribution in [-0.2, 0) is 10.0 Å². The Morgan fingerprint density at radius 2 is 1.65 bits per heavy atom. The third kappa shape index (κ3) is 3.50. The fourth-order valence-electron chi connectivity index (χ4n) is 2.43. The molecular formula is C19H15N3O3S. The minimum Gasteiger partial charge on any atom is -0.480 e. The summed E-state index contributed by atoms with van der Waals surface area (Å²) in [5.41, 5.74) is 1.41. The Balaban J connectivity index is 2.15. The van der Waals surface area contributed by atoms with Crippen molar-refractivity contribution in [3.8, 4) is 23.2 Å². The summed E-state index contributed by atoms with van der Waals surface area (Å²) in [6.07, 6.45) is 0. The van der Waals surface area contributed by atoms with Crippen molar-refractivity contribution in [1.29, 1.82) is 5.26 Å². The van der Waals surface area contributed by atoms with Crippen molar-refractivity contribution in [2.24, 2.45) is 0 Å². The smallest absolute Gasteiger partial charge is 0.261 e. The Morgan fingerprint density at radius 1 is 1.04 bits per heavy atom. The minimum atomic E-state index is -3.83. The molecule has 2 aromatic carbocycles. The molecule has 7 heteroatoms. The van der Waals surface area contributed by atoms with Crippen LogP contribution in [-0.4, -0.2) is 20.5 Å². The zero-order valence-corrected chi connectivity index (χ0v) is 14.7. The summed E-state index contributed by atoms with van der Waals surface area (Å²) in [6.45, 7) is 0. The molecule has 0 aliphatic carbocycles. The number of nitriles is 1. The van der Waals surface area contributed by atoms with Gasteiger partial charge in [-0.3, -0.25) is 4.72 Å². The Bertz CT molecular complexity index is 1060. The van der Waals surface area contributed by atoms with Crippen molar-refractivity contribution in [2.75, 3.05) is 11.8 Å². The summed E-state index contributed by atoms with van der Waals surface area (Å²) in [7, 11) is -2.42. The predicted octanol–water partition coefficient (Wildman–Crippen LogP) is 3.43. The Morgan fingerprint density at radius 3 is 2.23 bits per heavy atom. The van der Waals surface area contributed by atoms with Gasteiger partial charge in [-0.25, -0.2) is 13.4 Å². The van der Waals surface area contributed by atoms with E-state index in [1.165, 1.54) is 25.3 Å². The second-order valence-electron chi connectivity index (χ2n) is 5.34. The van der Waals surface area contributed by atoms with Crippen LogP contribution in [0.5, 0.6) is 5.88 Å². The number of methoxy groups -OCH3 is 1. The number of hydrogen-bond acceptors (Lipinski definition) is 5. The summed E-state index contributed by atoms with van der Waals surface area (Å²) in [4.78, 5) is 4.46. The molecule has 0 saturated heterocycles. The molecular weight excluding hydrogens is 350 g/mol. The molecule has 0 aliphatic heterocycles. The molecule has 0 radical (unpaired) electrons. The molecule has 3 rings (SSSR count). The van der Waals surface area contributed by atoms with Crippen LogP contribution in [0.4, 0.5) is 5.69 Å². The number of hydrogen-bond donors (Lipinski definition) is 1. The van der Waals surface area contributed by atoms with Crippen molar-refractivity contribution in [3.05, 3.63) is 72.3 Å². The van der Waals surface area contributed by atoms with Gasteiger partial charge in [0.2, 0.25) is 5.88 Å². The summed E-state index contributed by atoms with van der Waals surface area (Å²) >= 11 is 0. The number of benzene rings is 2. The zero-order valence-electron chi connectivity index (χ0n) is 13.9. The van der Waals surface area contributed by atoms with Gasteiger partial charge in [0.1, 0.15) is 11.6 Å². The summed E-state index contributed by atoms with van der Waals surface area (Å²) < 4.78 is 33.1. The standard InChI is InChI=1S/C19H15N3O3S/c1-25-19-15(13-20)12-17(18(21-19)14-8-4-2-5-9-14)22-26(23,24)16-10-6-3-7-11-16/h2-12,22H,1H3. The van der Waals surface area contributed by atoms with Crippen LogP contribution in [0.25, 0.3) is 11.3 Å². The third-order valence-corrected chi connectivity index (χ3v) is 5.03. The highest BCUT2D eigenvalue weighted by atomic mass is 32.2. The first-order chi connectivity index (χ1) is 12.5. The number of nitrogens with one attached hydrogen (secondary N) is 1. The highest BCUT2D eigenvalue weighted by Crippen LogP contribution is 2.32. The van der Waals surface area contributed by atoms with E-state index in [9.17, 15) is 13.7 Å². The van der Waals surface area contributed by atoms with Crippen molar-refractivity contribution in [2.45, 2.75) is 4.90 Å². The van der Waals surface area contributed by atoms with Crippen molar-refractivity contribution in [3.63, 3.8) is 0 Å². The molecule has 0 spiro atoms. The Labute approximate surface area is 151 Å². The molecule has 0 aliphatic rings. The van der Waals surface area contributed by atoms with Gasteiger partial charge in [-0.2, -0.15) is 5.26 Å². The quantitative estimate of drug-likeness (QED) is 0.748. The highest BCUT2D eigenvalue weighted by Gasteiger charge is 2.20. The molecule has 0 atom stereocenters. The number of sulfonamides is 1. The first-order valence-corrected chi connectivity index (χ1v) is 9.16. The Hall–Kier alpha value is -3.37. The van der Waals surface area contributed by atoms with E-state index in [-0.39, 0.29) is 22.0 Å². The maximum absolute atomic E-state index is 12.7. The van der Waals surface area contributed by atoms with Gasteiger partial charge in [-0.15, -0.1) is 0 Å². The van der Waals surface area contributed by atoms with Crippen molar-refractivity contribution < 1.29 is 13.2 Å². The highest BCUT2D eigenvalue weighted by molar-refractivity contribution is 7.92. The SMILES string of the molecule is COc1nc(-c2ccccc2)c(NS(=O)(=O)c2ccccc2)cc1C#N. The van der Waals surface area contributed by atoms with Crippen LogP contribution in [0, 0.1) is 11.3 Å². The van der Waals surface area contributed by atoms with Crippen LogP contribution >= 0.6 is 0 Å². The predicted molar refractivity (Wildman–Crippen MR) is 98.2 cm³/mol. The molecule has 0 saturated carbocycles. The van der Waals surface area contributed by atoms with Gasteiger partial charge in [0.05, 0.1) is 23.4 Å². The lowest BCUT2D eigenvalue weighted by Crippen LogP contribution is -2.14. The summed E-state index contributed by atoms with van der Waals surface area (Å²) in [6, 6.07) is 20.5. The lowest BCUT2D eigenvalue weighted by molar-refractivity contribution is 0.397. The van der Waals surface area contributed by atoms with Gasteiger partial charge < -0.3 is 4.74 Å². The lowest BCUT2D eigenvalue weighted by atomic mass is 10.1. The number of aromatic nitrogens is 1. The molecule has 1 N–H and O–H groups in total. The molecule has 1 heterocycles. The summed E-state index contributed by atoms with van der Waals surface area (Å²) in [5.74, 6) is 0.133. The van der Waals surface area contributed by atoms with Crippen molar-refractivity contribution >= 4 is 15.7 Å². The average molecular weight is 365 g/mol. The van der Waals surface area contributed by atoms with Crippen LogP contribution in [0.2, 0.25) is 0 Å². The normalized spacial score (nSPS) is 10.8. The Kier molecular flexibility index (Phi) is 4.87. The molecule has 1 aromatic heterocycles. The number of anilines is 1. The first-order valence-electron chi connectivity index (χ1n) is 7.67. The van der Waals surface area contributed by atoms with Gasteiger partial charge >= 0.3 is 0 Å². The largest absolute Gasteiger partial charge is 0.480 e. The maximum atomic E-state index is 12.7.